The molecule has 1 fully saturated rings. The van der Waals surface area contributed by atoms with E-state index in [1.54, 1.807) is 0 Å². The normalized spacial score (nSPS) is 27.4. The number of benzene rings is 2. The van der Waals surface area contributed by atoms with Crippen LogP contribution in [0.5, 0.6) is 0 Å². The Kier molecular flexibility index (Phi) is 3.03. The minimum absolute atomic E-state index is 0.211. The van der Waals surface area contributed by atoms with Gasteiger partial charge in [-0.15, -0.1) is 0 Å². The third-order valence-electron chi connectivity index (χ3n) is 5.05. The van der Waals surface area contributed by atoms with Crippen molar-refractivity contribution in [3.63, 3.8) is 0 Å². The summed E-state index contributed by atoms with van der Waals surface area (Å²) in [7, 11) is 0. The zero-order valence-corrected chi connectivity index (χ0v) is 12.0. The molecule has 0 bridgehead atoms. The Morgan fingerprint density at radius 3 is 2.43 bits per heavy atom. The van der Waals surface area contributed by atoms with E-state index in [2.05, 4.69) is 59.9 Å². The average Bonchev–Trinajstić information content (AvgIpc) is 2.54. The fraction of sp³-hybridized carbons (Fsp3) is 0.316. The monoisotopic (exact) mass is 277 g/mol. The molecular weight excluding hydrogens is 258 g/mol. The largest absolute Gasteiger partial charge is 0.355 e. The lowest BCUT2D eigenvalue weighted by Gasteiger charge is -2.41. The van der Waals surface area contributed by atoms with Crippen LogP contribution in [0.2, 0.25) is 0 Å². The molecule has 1 saturated heterocycles. The Morgan fingerprint density at radius 2 is 1.62 bits per heavy atom. The fourth-order valence-corrected chi connectivity index (χ4v) is 4.05. The van der Waals surface area contributed by atoms with E-state index in [0.29, 0.717) is 24.2 Å². The van der Waals surface area contributed by atoms with Crippen LogP contribution in [0.3, 0.4) is 0 Å². The van der Waals surface area contributed by atoms with Crippen LogP contribution in [0.1, 0.15) is 41.4 Å². The molecule has 2 nitrogen and oxygen atoms in total. The minimum Gasteiger partial charge on any atom is -0.355 e. The van der Waals surface area contributed by atoms with Crippen molar-refractivity contribution in [1.29, 1.82) is 0 Å². The lowest BCUT2D eigenvalue weighted by Crippen LogP contribution is -2.42. The smallest absolute Gasteiger partial charge is 0.220 e. The summed E-state index contributed by atoms with van der Waals surface area (Å²) in [5.74, 6) is 1.59. The van der Waals surface area contributed by atoms with E-state index < -0.39 is 0 Å². The molecule has 21 heavy (non-hydrogen) atoms. The molecule has 1 aliphatic heterocycles. The average molecular weight is 277 g/mol. The molecule has 0 radical (unpaired) electrons. The summed E-state index contributed by atoms with van der Waals surface area (Å²) in [4.78, 5) is 11.8. The van der Waals surface area contributed by atoms with Crippen LogP contribution in [0.15, 0.2) is 54.6 Å². The maximum atomic E-state index is 11.8. The third-order valence-corrected chi connectivity index (χ3v) is 5.05. The van der Waals surface area contributed by atoms with E-state index in [1.165, 1.54) is 16.7 Å². The van der Waals surface area contributed by atoms with E-state index in [0.717, 1.165) is 13.0 Å². The van der Waals surface area contributed by atoms with Gasteiger partial charge in [-0.25, -0.2) is 0 Å². The molecular formula is C19H19NO. The number of carbonyl (C=O) groups is 1. The van der Waals surface area contributed by atoms with Gasteiger partial charge in [-0.3, -0.25) is 4.79 Å². The zero-order chi connectivity index (χ0) is 14.2. The van der Waals surface area contributed by atoms with E-state index in [4.69, 9.17) is 0 Å². The van der Waals surface area contributed by atoms with Crippen LogP contribution in [0.25, 0.3) is 0 Å². The molecule has 0 spiro atoms. The summed E-state index contributed by atoms with van der Waals surface area (Å²) in [6.45, 7) is 0.794. The zero-order valence-electron chi connectivity index (χ0n) is 12.0. The van der Waals surface area contributed by atoms with Crippen LogP contribution in [0.4, 0.5) is 0 Å². The Hall–Kier alpha value is -2.09. The molecule has 1 heterocycles. The molecule has 3 atom stereocenters. The predicted molar refractivity (Wildman–Crippen MR) is 83.2 cm³/mol. The van der Waals surface area contributed by atoms with Gasteiger partial charge in [0.1, 0.15) is 0 Å². The molecule has 2 aromatic rings. The summed E-state index contributed by atoms with van der Waals surface area (Å²) < 4.78 is 0. The van der Waals surface area contributed by atoms with Gasteiger partial charge in [0.2, 0.25) is 5.91 Å². The second kappa shape index (κ2) is 5.03. The van der Waals surface area contributed by atoms with Crippen LogP contribution in [0, 0.1) is 5.92 Å². The lowest BCUT2D eigenvalue weighted by atomic mass is 9.66. The molecule has 2 aromatic carbocycles. The standard InChI is InChI=1S/C19H19NO/c21-19-11-14-10-17(13-6-2-1-3-7-13)15-8-4-5-9-16(15)18(14)12-20-19/h1-9,14,17-18H,10-12H2,(H,20,21)/t14-,17-,18-/m1/s1. The first-order valence-corrected chi connectivity index (χ1v) is 7.73. The van der Waals surface area contributed by atoms with Crippen molar-refractivity contribution in [3.8, 4) is 0 Å². The lowest BCUT2D eigenvalue weighted by molar-refractivity contribution is -0.124. The molecule has 1 amide bonds. The second-order valence-electron chi connectivity index (χ2n) is 6.20. The van der Waals surface area contributed by atoms with Crippen LogP contribution >= 0.6 is 0 Å². The Bertz CT molecular complexity index is 664. The van der Waals surface area contributed by atoms with Crippen LogP contribution in [-0.2, 0) is 4.79 Å². The van der Waals surface area contributed by atoms with Crippen LogP contribution in [-0.4, -0.2) is 12.5 Å². The van der Waals surface area contributed by atoms with Crippen molar-refractivity contribution in [1.82, 2.24) is 5.32 Å². The van der Waals surface area contributed by atoms with Gasteiger partial charge in [0.15, 0.2) is 0 Å². The van der Waals surface area contributed by atoms with Gasteiger partial charge in [0.25, 0.3) is 0 Å². The number of nitrogens with one attached hydrogen (secondary N) is 1. The highest BCUT2D eigenvalue weighted by Gasteiger charge is 2.38. The van der Waals surface area contributed by atoms with Gasteiger partial charge in [-0.05, 0) is 29.0 Å². The topological polar surface area (TPSA) is 29.1 Å². The fourth-order valence-electron chi connectivity index (χ4n) is 4.05. The van der Waals surface area contributed by atoms with Gasteiger partial charge in [0, 0.05) is 24.8 Å². The molecule has 0 aromatic heterocycles. The first-order valence-electron chi connectivity index (χ1n) is 7.73. The van der Waals surface area contributed by atoms with Gasteiger partial charge in [-0.1, -0.05) is 54.6 Å². The van der Waals surface area contributed by atoms with Crippen molar-refractivity contribution in [3.05, 3.63) is 71.3 Å². The summed E-state index contributed by atoms with van der Waals surface area (Å²) in [5, 5.41) is 3.04. The third kappa shape index (κ3) is 2.15. The maximum absolute atomic E-state index is 11.8. The van der Waals surface area contributed by atoms with Gasteiger partial charge >= 0.3 is 0 Å². The van der Waals surface area contributed by atoms with E-state index in [9.17, 15) is 4.79 Å². The maximum Gasteiger partial charge on any atom is 0.220 e. The van der Waals surface area contributed by atoms with Crippen molar-refractivity contribution in [2.75, 3.05) is 6.54 Å². The minimum atomic E-state index is 0.211. The molecule has 1 N–H and O–H groups in total. The number of fused-ring (bicyclic) bond motifs is 3. The van der Waals surface area contributed by atoms with E-state index in [1.807, 2.05) is 0 Å². The quantitative estimate of drug-likeness (QED) is 0.850. The number of hydrogen-bond acceptors (Lipinski definition) is 1. The summed E-state index contributed by atoms with van der Waals surface area (Å²) >= 11 is 0. The van der Waals surface area contributed by atoms with Crippen molar-refractivity contribution >= 4 is 5.91 Å². The van der Waals surface area contributed by atoms with Gasteiger partial charge in [0.05, 0.1) is 0 Å². The van der Waals surface area contributed by atoms with Gasteiger partial charge in [-0.2, -0.15) is 0 Å². The summed E-state index contributed by atoms with van der Waals surface area (Å²) in [5.41, 5.74) is 4.25. The molecule has 2 aliphatic rings. The molecule has 106 valence electrons. The highest BCUT2D eigenvalue weighted by Crippen LogP contribution is 2.47. The van der Waals surface area contributed by atoms with Crippen molar-refractivity contribution < 1.29 is 4.79 Å². The number of amides is 1. The molecule has 4 rings (SSSR count). The number of hydrogen-bond donors (Lipinski definition) is 1. The number of piperidine rings is 1. The molecule has 2 heteroatoms. The van der Waals surface area contributed by atoms with E-state index >= 15 is 0 Å². The predicted octanol–water partition coefficient (Wildman–Crippen LogP) is 3.44. The summed E-state index contributed by atoms with van der Waals surface area (Å²) in [6.07, 6.45) is 1.75. The Morgan fingerprint density at radius 1 is 0.905 bits per heavy atom. The number of rotatable bonds is 1. The Balaban J connectivity index is 1.80. The van der Waals surface area contributed by atoms with Crippen LogP contribution < -0.4 is 5.32 Å². The first kappa shape index (κ1) is 12.6. The molecule has 0 unspecified atom stereocenters. The first-order chi connectivity index (χ1) is 10.3. The van der Waals surface area contributed by atoms with E-state index in [-0.39, 0.29) is 5.91 Å². The highest BCUT2D eigenvalue weighted by atomic mass is 16.1. The Labute approximate surface area is 125 Å². The second-order valence-corrected chi connectivity index (χ2v) is 6.20. The van der Waals surface area contributed by atoms with Crippen molar-refractivity contribution in [2.45, 2.75) is 24.7 Å². The van der Waals surface area contributed by atoms with Gasteiger partial charge < -0.3 is 5.32 Å². The molecule has 0 saturated carbocycles. The molecule has 1 aliphatic carbocycles. The van der Waals surface area contributed by atoms with Crippen molar-refractivity contribution in [2.24, 2.45) is 5.92 Å². The summed E-state index contributed by atoms with van der Waals surface area (Å²) in [6, 6.07) is 19.5. The SMILES string of the molecule is O=C1C[C@H]2C[C@H](c3ccccc3)c3ccccc3[C@@H]2CN1. The number of carbonyl (C=O) groups excluding carboxylic acids is 1. The highest BCUT2D eigenvalue weighted by molar-refractivity contribution is 5.77.